The molecule has 1 aromatic heterocycles. The van der Waals surface area contributed by atoms with Crippen LogP contribution in [0.3, 0.4) is 0 Å². The minimum absolute atomic E-state index is 0.0278. The van der Waals surface area contributed by atoms with Gasteiger partial charge in [-0.3, -0.25) is 9.59 Å². The minimum atomic E-state index is -3.49. The SMILES string of the molecule is Cc1ccc(S(=O)(=O)N2CCC(NC(=O)CCCC(=O)c3cccs3)CC2)cc1. The zero-order valence-corrected chi connectivity index (χ0v) is 18.1. The molecule has 8 heteroatoms. The van der Waals surface area contributed by atoms with E-state index >= 15 is 0 Å². The van der Waals surface area contributed by atoms with Gasteiger partial charge in [-0.15, -0.1) is 11.3 Å². The van der Waals surface area contributed by atoms with Crippen LogP contribution >= 0.6 is 11.3 Å². The van der Waals surface area contributed by atoms with Crippen LogP contribution in [0, 0.1) is 6.92 Å². The molecule has 0 unspecified atom stereocenters. The van der Waals surface area contributed by atoms with Crippen molar-refractivity contribution in [2.45, 2.75) is 50.0 Å². The van der Waals surface area contributed by atoms with Crippen molar-refractivity contribution in [3.8, 4) is 0 Å². The van der Waals surface area contributed by atoms with Gasteiger partial charge in [0, 0.05) is 32.0 Å². The van der Waals surface area contributed by atoms with Crippen molar-refractivity contribution in [3.05, 3.63) is 52.2 Å². The first-order valence-electron chi connectivity index (χ1n) is 9.79. The second kappa shape index (κ2) is 9.65. The smallest absolute Gasteiger partial charge is 0.243 e. The van der Waals surface area contributed by atoms with Crippen LogP contribution < -0.4 is 5.32 Å². The number of nitrogens with one attached hydrogen (secondary N) is 1. The first-order valence-corrected chi connectivity index (χ1v) is 12.1. The van der Waals surface area contributed by atoms with Crippen molar-refractivity contribution < 1.29 is 18.0 Å². The highest BCUT2D eigenvalue weighted by molar-refractivity contribution is 7.89. The number of carbonyl (C=O) groups excluding carboxylic acids is 2. The van der Waals surface area contributed by atoms with Gasteiger partial charge in [0.25, 0.3) is 0 Å². The molecule has 29 heavy (non-hydrogen) atoms. The van der Waals surface area contributed by atoms with Crippen molar-refractivity contribution in [1.29, 1.82) is 0 Å². The molecule has 0 bridgehead atoms. The number of carbonyl (C=O) groups is 2. The van der Waals surface area contributed by atoms with Crippen molar-refractivity contribution in [2.75, 3.05) is 13.1 Å². The van der Waals surface area contributed by atoms with E-state index in [1.807, 2.05) is 18.4 Å². The van der Waals surface area contributed by atoms with Crippen molar-refractivity contribution in [3.63, 3.8) is 0 Å². The Kier molecular flexibility index (Phi) is 7.21. The number of benzene rings is 1. The topological polar surface area (TPSA) is 83.6 Å². The lowest BCUT2D eigenvalue weighted by Gasteiger charge is -2.31. The summed E-state index contributed by atoms with van der Waals surface area (Å²) >= 11 is 1.42. The van der Waals surface area contributed by atoms with E-state index in [2.05, 4.69) is 5.32 Å². The largest absolute Gasteiger partial charge is 0.353 e. The summed E-state index contributed by atoms with van der Waals surface area (Å²) in [6, 6.07) is 10.5. The summed E-state index contributed by atoms with van der Waals surface area (Å²) in [5, 5.41) is 4.84. The minimum Gasteiger partial charge on any atom is -0.353 e. The third-order valence-electron chi connectivity index (χ3n) is 5.08. The zero-order valence-electron chi connectivity index (χ0n) is 16.5. The van der Waals surface area contributed by atoms with Gasteiger partial charge < -0.3 is 5.32 Å². The molecule has 1 aliphatic heterocycles. The van der Waals surface area contributed by atoms with Crippen molar-refractivity contribution in [2.24, 2.45) is 0 Å². The lowest BCUT2D eigenvalue weighted by atomic mass is 10.1. The lowest BCUT2D eigenvalue weighted by Crippen LogP contribution is -2.46. The molecule has 0 aliphatic carbocycles. The Labute approximate surface area is 176 Å². The molecule has 0 radical (unpaired) electrons. The van der Waals surface area contributed by atoms with E-state index in [9.17, 15) is 18.0 Å². The third-order valence-corrected chi connectivity index (χ3v) is 7.91. The normalized spacial score (nSPS) is 15.9. The molecule has 6 nitrogen and oxygen atoms in total. The number of hydrogen-bond donors (Lipinski definition) is 1. The Morgan fingerprint density at radius 1 is 1.10 bits per heavy atom. The Balaban J connectivity index is 1.41. The van der Waals surface area contributed by atoms with Gasteiger partial charge in [0.05, 0.1) is 9.77 Å². The van der Waals surface area contributed by atoms with Gasteiger partial charge in [-0.05, 0) is 49.8 Å². The van der Waals surface area contributed by atoms with Gasteiger partial charge >= 0.3 is 0 Å². The van der Waals surface area contributed by atoms with E-state index in [1.54, 1.807) is 30.3 Å². The summed E-state index contributed by atoms with van der Waals surface area (Å²) in [5.41, 5.74) is 1.02. The first-order chi connectivity index (χ1) is 13.9. The van der Waals surface area contributed by atoms with Gasteiger partial charge in [0.1, 0.15) is 0 Å². The van der Waals surface area contributed by atoms with Crippen molar-refractivity contribution >= 4 is 33.1 Å². The summed E-state index contributed by atoms with van der Waals surface area (Å²) in [7, 11) is -3.49. The summed E-state index contributed by atoms with van der Waals surface area (Å²) in [6.45, 7) is 2.69. The average molecular weight is 435 g/mol. The number of piperidine rings is 1. The van der Waals surface area contributed by atoms with E-state index in [4.69, 9.17) is 0 Å². The van der Waals surface area contributed by atoms with E-state index in [1.165, 1.54) is 15.6 Å². The average Bonchev–Trinajstić information content (AvgIpc) is 3.24. The van der Waals surface area contributed by atoms with E-state index < -0.39 is 10.0 Å². The number of Topliss-reactive ketones (excluding diaryl/α,β-unsaturated/α-hetero) is 1. The number of amides is 1. The molecular formula is C21H26N2O4S2. The molecule has 0 saturated carbocycles. The standard InChI is InChI=1S/C21H26N2O4S2/c1-16-7-9-18(10-8-16)29(26,27)23-13-11-17(12-14-23)22-21(25)6-2-4-19(24)20-5-3-15-28-20/h3,5,7-10,15,17H,2,4,6,11-14H2,1H3,(H,22,25). The molecule has 2 heterocycles. The highest BCUT2D eigenvalue weighted by Crippen LogP contribution is 2.21. The molecule has 1 fully saturated rings. The van der Waals surface area contributed by atoms with Crippen LogP contribution in [-0.4, -0.2) is 43.5 Å². The molecule has 0 atom stereocenters. The Hall–Kier alpha value is -2.03. The zero-order chi connectivity index (χ0) is 20.9. The molecule has 1 aromatic carbocycles. The molecule has 1 N–H and O–H groups in total. The van der Waals surface area contributed by atoms with Crippen LogP contribution in [0.4, 0.5) is 0 Å². The number of thiophene rings is 1. The monoisotopic (exact) mass is 434 g/mol. The number of hydrogen-bond acceptors (Lipinski definition) is 5. The van der Waals surface area contributed by atoms with Gasteiger partial charge in [0.2, 0.25) is 15.9 Å². The van der Waals surface area contributed by atoms with Crippen LogP contribution in [0.25, 0.3) is 0 Å². The molecule has 1 amide bonds. The van der Waals surface area contributed by atoms with E-state index in [-0.39, 0.29) is 17.7 Å². The second-order valence-corrected chi connectivity index (χ2v) is 10.2. The maximum atomic E-state index is 12.7. The Bertz CT molecular complexity index is 930. The first kappa shape index (κ1) is 21.7. The quantitative estimate of drug-likeness (QED) is 0.646. The third kappa shape index (κ3) is 5.74. The Morgan fingerprint density at radius 2 is 1.79 bits per heavy atom. The number of sulfonamides is 1. The van der Waals surface area contributed by atoms with Crippen LogP contribution in [0.2, 0.25) is 0 Å². The predicted octanol–water partition coefficient (Wildman–Crippen LogP) is 3.38. The second-order valence-electron chi connectivity index (χ2n) is 7.31. The summed E-state index contributed by atoms with van der Waals surface area (Å²) in [6.07, 6.45) is 2.36. The molecule has 1 aliphatic rings. The van der Waals surface area contributed by atoms with Gasteiger partial charge in [0.15, 0.2) is 5.78 Å². The molecule has 0 spiro atoms. The molecule has 3 rings (SSSR count). The van der Waals surface area contributed by atoms with Crippen LogP contribution in [-0.2, 0) is 14.8 Å². The number of ketones is 1. The number of nitrogens with zero attached hydrogens (tertiary/aromatic N) is 1. The van der Waals surface area contributed by atoms with Gasteiger partial charge in [-0.25, -0.2) is 8.42 Å². The fourth-order valence-corrected chi connectivity index (χ4v) is 5.53. The highest BCUT2D eigenvalue weighted by Gasteiger charge is 2.29. The molecular weight excluding hydrogens is 408 g/mol. The molecule has 2 aromatic rings. The lowest BCUT2D eigenvalue weighted by molar-refractivity contribution is -0.122. The maximum absolute atomic E-state index is 12.7. The van der Waals surface area contributed by atoms with Gasteiger partial charge in [-0.2, -0.15) is 4.31 Å². The summed E-state index contributed by atoms with van der Waals surface area (Å²) in [5.74, 6) is -0.00811. The Morgan fingerprint density at radius 3 is 2.41 bits per heavy atom. The highest BCUT2D eigenvalue weighted by atomic mass is 32.2. The van der Waals surface area contributed by atoms with Crippen LogP contribution in [0.15, 0.2) is 46.7 Å². The number of rotatable bonds is 8. The fraction of sp³-hybridized carbons (Fsp3) is 0.429. The fourth-order valence-electron chi connectivity index (χ4n) is 3.37. The van der Waals surface area contributed by atoms with E-state index in [0.717, 1.165) is 10.4 Å². The maximum Gasteiger partial charge on any atom is 0.243 e. The molecule has 156 valence electrons. The van der Waals surface area contributed by atoms with Gasteiger partial charge in [-0.1, -0.05) is 23.8 Å². The van der Waals surface area contributed by atoms with Crippen LogP contribution in [0.5, 0.6) is 0 Å². The van der Waals surface area contributed by atoms with E-state index in [0.29, 0.717) is 50.1 Å². The van der Waals surface area contributed by atoms with Crippen LogP contribution in [0.1, 0.15) is 47.3 Å². The molecule has 1 saturated heterocycles. The van der Waals surface area contributed by atoms with Crippen molar-refractivity contribution in [1.82, 2.24) is 9.62 Å². The predicted molar refractivity (Wildman–Crippen MR) is 114 cm³/mol. The summed E-state index contributed by atoms with van der Waals surface area (Å²) < 4.78 is 27.0. The number of aryl methyl sites for hydroxylation is 1. The summed E-state index contributed by atoms with van der Waals surface area (Å²) in [4.78, 5) is 25.2.